The summed E-state index contributed by atoms with van der Waals surface area (Å²) in [6.45, 7) is 5.88. The maximum Gasteiger partial charge on any atom is 0.321 e. The number of esters is 1. The van der Waals surface area contributed by atoms with E-state index in [1.165, 1.54) is 4.40 Å². The van der Waals surface area contributed by atoms with E-state index in [2.05, 4.69) is 4.98 Å². The molecule has 0 saturated heterocycles. The molecule has 170 valence electrons. The van der Waals surface area contributed by atoms with Crippen LogP contribution in [0.3, 0.4) is 0 Å². The molecule has 2 heterocycles. The zero-order valence-corrected chi connectivity index (χ0v) is 19.3. The number of carbonyl (C=O) groups excluding carboxylic acids is 1. The molecule has 0 bridgehead atoms. The monoisotopic (exact) mass is 452 g/mol. The van der Waals surface area contributed by atoms with E-state index in [1.807, 2.05) is 81.4 Å². The highest BCUT2D eigenvalue weighted by Gasteiger charge is 2.24. The second-order valence-electron chi connectivity index (χ2n) is 8.69. The fourth-order valence-electron chi connectivity index (χ4n) is 4.64. The van der Waals surface area contributed by atoms with Gasteiger partial charge in [-0.3, -0.25) is 18.8 Å². The van der Waals surface area contributed by atoms with Gasteiger partial charge in [-0.2, -0.15) is 0 Å². The van der Waals surface area contributed by atoms with Crippen molar-refractivity contribution in [2.24, 2.45) is 0 Å². The zero-order chi connectivity index (χ0) is 24.0. The topological polar surface area (TPSA) is 80.6 Å². The summed E-state index contributed by atoms with van der Waals surface area (Å²) in [5, 5.41) is 0.821. The maximum atomic E-state index is 12.9. The predicted octanol–water partition coefficient (Wildman–Crippen LogP) is 4.46. The Hall–Kier alpha value is -4.19. The number of aryl methyl sites for hydroxylation is 3. The number of hydrogen-bond donors (Lipinski definition) is 1. The highest BCUT2D eigenvalue weighted by Crippen LogP contribution is 2.38. The first-order valence-electron chi connectivity index (χ1n) is 11.1. The molecule has 0 fully saturated rings. The first-order chi connectivity index (χ1) is 16.3. The van der Waals surface area contributed by atoms with Crippen molar-refractivity contribution in [2.75, 3.05) is 0 Å². The van der Waals surface area contributed by atoms with Gasteiger partial charge in [0.25, 0.3) is 0 Å². The molecule has 6 nitrogen and oxygen atoms in total. The van der Waals surface area contributed by atoms with Gasteiger partial charge in [0, 0.05) is 11.1 Å². The van der Waals surface area contributed by atoms with Gasteiger partial charge in [0.15, 0.2) is 0 Å². The van der Waals surface area contributed by atoms with Crippen LogP contribution < -0.4 is 11.1 Å². The molecule has 0 spiro atoms. The van der Waals surface area contributed by atoms with E-state index in [0.29, 0.717) is 16.7 Å². The van der Waals surface area contributed by atoms with Crippen molar-refractivity contribution in [3.63, 3.8) is 0 Å². The summed E-state index contributed by atoms with van der Waals surface area (Å²) in [4.78, 5) is 40.8. The van der Waals surface area contributed by atoms with Crippen LogP contribution in [0.25, 0.3) is 27.5 Å². The lowest BCUT2D eigenvalue weighted by molar-refractivity contribution is -0.144. The highest BCUT2D eigenvalue weighted by atomic mass is 16.5. The van der Waals surface area contributed by atoms with E-state index in [0.717, 1.165) is 38.8 Å². The lowest BCUT2D eigenvalue weighted by Crippen LogP contribution is -2.33. The smallest absolute Gasteiger partial charge is 0.321 e. The third kappa shape index (κ3) is 3.57. The first-order valence-corrected chi connectivity index (χ1v) is 11.1. The molecule has 5 aromatic rings. The summed E-state index contributed by atoms with van der Waals surface area (Å²) < 4.78 is 7.04. The average Bonchev–Trinajstić information content (AvgIpc) is 3.17. The molecule has 3 aromatic carbocycles. The molecule has 2 aromatic heterocycles. The number of benzene rings is 3. The van der Waals surface area contributed by atoms with E-state index in [1.54, 1.807) is 0 Å². The van der Waals surface area contributed by atoms with E-state index in [4.69, 9.17) is 4.74 Å². The van der Waals surface area contributed by atoms with Crippen LogP contribution in [0.4, 0.5) is 0 Å². The SMILES string of the molecule is Cc1ccc(-c2c(CC(=O)OCc3ccccc3)c(C)c3[nH]c(=O)c(=O)n4c(C)cc2c34)cc1. The molecule has 0 saturated carbocycles. The number of hydrogen-bond acceptors (Lipinski definition) is 4. The third-order valence-corrected chi connectivity index (χ3v) is 6.36. The van der Waals surface area contributed by atoms with Crippen molar-refractivity contribution < 1.29 is 9.53 Å². The summed E-state index contributed by atoms with van der Waals surface area (Å²) >= 11 is 0. The first kappa shape index (κ1) is 21.6. The molecule has 0 unspecified atom stereocenters. The van der Waals surface area contributed by atoms with Gasteiger partial charge in [-0.25, -0.2) is 0 Å². The minimum absolute atomic E-state index is 0.0405. The molecule has 0 amide bonds. The predicted molar refractivity (Wildman–Crippen MR) is 133 cm³/mol. The summed E-state index contributed by atoms with van der Waals surface area (Å²) in [5.74, 6) is -0.360. The normalized spacial score (nSPS) is 11.4. The van der Waals surface area contributed by atoms with Crippen LogP contribution in [0.5, 0.6) is 0 Å². The van der Waals surface area contributed by atoms with Crippen molar-refractivity contribution in [1.29, 1.82) is 0 Å². The quantitative estimate of drug-likeness (QED) is 0.315. The molecule has 0 aliphatic heterocycles. The molecular formula is C28H24N2O4. The number of carbonyl (C=O) groups is 1. The van der Waals surface area contributed by atoms with Crippen LogP contribution in [0.1, 0.15) is 27.9 Å². The van der Waals surface area contributed by atoms with Gasteiger partial charge in [0.1, 0.15) is 6.61 Å². The highest BCUT2D eigenvalue weighted by molar-refractivity contribution is 6.08. The van der Waals surface area contributed by atoms with Gasteiger partial charge in [-0.1, -0.05) is 60.2 Å². The Balaban J connectivity index is 1.70. The average molecular weight is 453 g/mol. The molecule has 0 aliphatic carbocycles. The van der Waals surface area contributed by atoms with Crippen LogP contribution in [-0.2, 0) is 22.6 Å². The Morgan fingerprint density at radius 3 is 2.38 bits per heavy atom. The van der Waals surface area contributed by atoms with Crippen LogP contribution in [-0.4, -0.2) is 15.4 Å². The summed E-state index contributed by atoms with van der Waals surface area (Å²) in [5.41, 5.74) is 5.98. The fraction of sp³-hybridized carbons (Fsp3) is 0.179. The van der Waals surface area contributed by atoms with Gasteiger partial charge >= 0.3 is 17.1 Å². The summed E-state index contributed by atoms with van der Waals surface area (Å²) in [6.07, 6.45) is 0.0405. The fourth-order valence-corrected chi connectivity index (χ4v) is 4.64. The number of nitrogens with one attached hydrogen (secondary N) is 1. The lowest BCUT2D eigenvalue weighted by atomic mass is 9.89. The molecule has 0 radical (unpaired) electrons. The number of aromatic amines is 1. The van der Waals surface area contributed by atoms with E-state index < -0.39 is 11.1 Å². The number of H-pyrrole nitrogens is 1. The second-order valence-corrected chi connectivity index (χ2v) is 8.69. The van der Waals surface area contributed by atoms with E-state index in [9.17, 15) is 14.4 Å². The standard InChI is InChI=1S/C28H24N2O4/c1-16-9-11-20(12-10-16)24-21(14-23(31)34-15-19-7-5-4-6-8-19)18(3)25-26-22(24)13-17(2)30(26)28(33)27(32)29-25/h4-13H,14-15H2,1-3H3,(H,29,32). The van der Waals surface area contributed by atoms with Gasteiger partial charge in [-0.05, 0) is 54.7 Å². The van der Waals surface area contributed by atoms with Crippen LogP contribution >= 0.6 is 0 Å². The van der Waals surface area contributed by atoms with Crippen molar-refractivity contribution in [3.8, 4) is 11.1 Å². The van der Waals surface area contributed by atoms with Gasteiger partial charge < -0.3 is 9.72 Å². The molecular weight excluding hydrogens is 428 g/mol. The molecule has 0 atom stereocenters. The number of nitrogens with zero attached hydrogens (tertiary/aromatic N) is 1. The van der Waals surface area contributed by atoms with E-state index >= 15 is 0 Å². The molecule has 5 rings (SSSR count). The Morgan fingerprint density at radius 2 is 1.68 bits per heavy atom. The lowest BCUT2D eigenvalue weighted by Gasteiger charge is -2.17. The number of aromatic nitrogens is 2. The van der Waals surface area contributed by atoms with Crippen molar-refractivity contribution in [2.45, 2.75) is 33.8 Å². The number of rotatable bonds is 5. The van der Waals surface area contributed by atoms with Crippen LogP contribution in [0.15, 0.2) is 70.3 Å². The maximum absolute atomic E-state index is 12.9. The number of ether oxygens (including phenoxy) is 1. The molecule has 0 aliphatic rings. The Labute approximate surface area is 195 Å². The Morgan fingerprint density at radius 1 is 0.971 bits per heavy atom. The Kier molecular flexibility index (Phi) is 5.28. The van der Waals surface area contributed by atoms with Gasteiger partial charge in [0.2, 0.25) is 0 Å². The van der Waals surface area contributed by atoms with Gasteiger partial charge in [-0.15, -0.1) is 0 Å². The largest absolute Gasteiger partial charge is 0.461 e. The van der Waals surface area contributed by atoms with Gasteiger partial charge in [0.05, 0.1) is 17.5 Å². The molecule has 34 heavy (non-hydrogen) atoms. The second kappa shape index (κ2) is 8.30. The zero-order valence-electron chi connectivity index (χ0n) is 19.3. The van der Waals surface area contributed by atoms with Crippen molar-refractivity contribution in [1.82, 2.24) is 9.38 Å². The minimum atomic E-state index is -0.683. The molecule has 1 N–H and O–H groups in total. The van der Waals surface area contributed by atoms with Crippen LogP contribution in [0, 0.1) is 20.8 Å². The Bertz CT molecular complexity index is 1650. The third-order valence-electron chi connectivity index (χ3n) is 6.36. The summed E-state index contributed by atoms with van der Waals surface area (Å²) in [6, 6.07) is 19.5. The molecule has 6 heteroatoms. The van der Waals surface area contributed by atoms with E-state index in [-0.39, 0.29) is 19.0 Å². The van der Waals surface area contributed by atoms with Crippen molar-refractivity contribution >= 4 is 22.4 Å². The summed E-state index contributed by atoms with van der Waals surface area (Å²) in [7, 11) is 0. The minimum Gasteiger partial charge on any atom is -0.461 e. The van der Waals surface area contributed by atoms with Crippen molar-refractivity contribution in [3.05, 3.63) is 109 Å². The van der Waals surface area contributed by atoms with Crippen LogP contribution in [0.2, 0.25) is 0 Å².